The van der Waals surface area contributed by atoms with Gasteiger partial charge in [0.2, 0.25) is 0 Å². The van der Waals surface area contributed by atoms with E-state index in [0.29, 0.717) is 31.4 Å². The van der Waals surface area contributed by atoms with Crippen LogP contribution in [0.1, 0.15) is 54.6 Å². The number of hydrogen-bond donors (Lipinski definition) is 0. The fraction of sp³-hybridized carbons (Fsp3) is 0.471. The van der Waals surface area contributed by atoms with Crippen molar-refractivity contribution in [2.24, 2.45) is 0 Å². The molecule has 0 fully saturated rings. The van der Waals surface area contributed by atoms with Gasteiger partial charge in [-0.1, -0.05) is 24.6 Å². The van der Waals surface area contributed by atoms with Crippen molar-refractivity contribution < 1.29 is 14.4 Å². The van der Waals surface area contributed by atoms with Gasteiger partial charge in [-0.05, 0) is 31.9 Å². The monoisotopic (exact) mass is 287 g/mol. The van der Waals surface area contributed by atoms with Crippen molar-refractivity contribution >= 4 is 17.5 Å². The molecule has 1 aliphatic heterocycles. The van der Waals surface area contributed by atoms with E-state index in [9.17, 15) is 14.4 Å². The first-order valence-corrected chi connectivity index (χ1v) is 7.36. The molecule has 4 heteroatoms. The summed E-state index contributed by atoms with van der Waals surface area (Å²) >= 11 is 0. The van der Waals surface area contributed by atoms with Crippen LogP contribution in [-0.4, -0.2) is 28.4 Å². The number of carbonyl (C=O) groups is 3. The maximum absolute atomic E-state index is 12.5. The molecular weight excluding hydrogens is 266 g/mol. The average molecular weight is 287 g/mol. The Labute approximate surface area is 125 Å². The summed E-state index contributed by atoms with van der Waals surface area (Å²) in [6, 6.07) is 5.30. The number of rotatable bonds is 6. The summed E-state index contributed by atoms with van der Waals surface area (Å²) in [5.41, 5.74) is 2.68. The lowest BCUT2D eigenvalue weighted by atomic mass is 10.0. The van der Waals surface area contributed by atoms with Gasteiger partial charge in [0.15, 0.2) is 5.78 Å². The van der Waals surface area contributed by atoms with Gasteiger partial charge in [-0.3, -0.25) is 9.59 Å². The topological polar surface area (TPSA) is 54.5 Å². The Hall–Kier alpha value is -1.97. The number of Topliss-reactive ketones (excluding diaryl/α,β-unsaturated/α-hetero) is 2. The molecule has 1 amide bonds. The van der Waals surface area contributed by atoms with Crippen LogP contribution in [0.25, 0.3) is 0 Å². The van der Waals surface area contributed by atoms with Crippen LogP contribution in [0.2, 0.25) is 0 Å². The molecule has 112 valence electrons. The number of aryl methyl sites for hydroxylation is 1. The Morgan fingerprint density at radius 2 is 2.05 bits per heavy atom. The van der Waals surface area contributed by atoms with Crippen molar-refractivity contribution in [2.45, 2.75) is 52.6 Å². The second kappa shape index (κ2) is 6.20. The van der Waals surface area contributed by atoms with E-state index in [0.717, 1.165) is 11.1 Å². The first kappa shape index (κ1) is 15.4. The zero-order chi connectivity index (χ0) is 15.6. The van der Waals surface area contributed by atoms with E-state index >= 15 is 0 Å². The van der Waals surface area contributed by atoms with Gasteiger partial charge in [-0.25, -0.2) is 0 Å². The van der Waals surface area contributed by atoms with Crippen LogP contribution >= 0.6 is 0 Å². The van der Waals surface area contributed by atoms with Crippen LogP contribution < -0.4 is 0 Å². The van der Waals surface area contributed by atoms with Crippen molar-refractivity contribution in [3.05, 3.63) is 34.9 Å². The predicted molar refractivity (Wildman–Crippen MR) is 80.1 cm³/mol. The van der Waals surface area contributed by atoms with Gasteiger partial charge in [0.1, 0.15) is 5.78 Å². The fourth-order valence-corrected chi connectivity index (χ4v) is 2.76. The third kappa shape index (κ3) is 3.20. The molecule has 0 spiro atoms. The summed E-state index contributed by atoms with van der Waals surface area (Å²) in [5.74, 6) is -0.0258. The highest BCUT2D eigenvalue weighted by Gasteiger charge is 2.35. The molecule has 1 atom stereocenters. The lowest BCUT2D eigenvalue weighted by molar-refractivity contribution is -0.124. The minimum absolute atomic E-state index is 0.0223. The van der Waals surface area contributed by atoms with Gasteiger partial charge in [-0.2, -0.15) is 0 Å². The van der Waals surface area contributed by atoms with E-state index in [1.54, 1.807) is 11.8 Å². The number of hydrogen-bond acceptors (Lipinski definition) is 3. The molecule has 0 saturated heterocycles. The maximum atomic E-state index is 12.5. The molecule has 21 heavy (non-hydrogen) atoms. The smallest absolute Gasteiger partial charge is 0.255 e. The van der Waals surface area contributed by atoms with Crippen LogP contribution in [0.3, 0.4) is 0 Å². The van der Waals surface area contributed by atoms with E-state index < -0.39 is 6.04 Å². The lowest BCUT2D eigenvalue weighted by Gasteiger charge is -2.26. The minimum atomic E-state index is -0.487. The van der Waals surface area contributed by atoms with Crippen molar-refractivity contribution in [3.63, 3.8) is 0 Å². The molecule has 0 bridgehead atoms. The number of carbonyl (C=O) groups excluding carboxylic acids is 3. The van der Waals surface area contributed by atoms with Gasteiger partial charge in [0.25, 0.3) is 5.91 Å². The summed E-state index contributed by atoms with van der Waals surface area (Å²) in [6.45, 7) is 5.71. The van der Waals surface area contributed by atoms with E-state index in [1.807, 2.05) is 25.1 Å². The first-order chi connectivity index (χ1) is 9.93. The Balaban J connectivity index is 2.24. The normalized spacial score (nSPS) is 15.0. The lowest BCUT2D eigenvalue weighted by Crippen LogP contribution is -2.41. The Kier molecular flexibility index (Phi) is 4.56. The van der Waals surface area contributed by atoms with Crippen LogP contribution in [0.4, 0.5) is 0 Å². The fourth-order valence-electron chi connectivity index (χ4n) is 2.76. The Bertz CT molecular complexity index is 592. The molecule has 1 heterocycles. The van der Waals surface area contributed by atoms with Crippen molar-refractivity contribution in [2.75, 3.05) is 0 Å². The molecule has 0 N–H and O–H groups in total. The average Bonchev–Trinajstić information content (AvgIpc) is 2.76. The highest BCUT2D eigenvalue weighted by atomic mass is 16.2. The molecule has 0 radical (unpaired) electrons. The van der Waals surface area contributed by atoms with E-state index in [4.69, 9.17) is 0 Å². The second-order valence-electron chi connectivity index (χ2n) is 5.67. The summed E-state index contributed by atoms with van der Waals surface area (Å²) in [4.78, 5) is 37.5. The van der Waals surface area contributed by atoms with Crippen LogP contribution in [-0.2, 0) is 16.1 Å². The largest absolute Gasteiger partial charge is 0.324 e. The molecule has 1 aliphatic rings. The van der Waals surface area contributed by atoms with Crippen molar-refractivity contribution in [1.82, 2.24) is 4.90 Å². The third-order valence-corrected chi connectivity index (χ3v) is 3.96. The van der Waals surface area contributed by atoms with Gasteiger partial charge in [0, 0.05) is 24.9 Å². The Morgan fingerprint density at radius 1 is 1.33 bits per heavy atom. The number of fused-ring (bicyclic) bond motifs is 1. The maximum Gasteiger partial charge on any atom is 0.255 e. The van der Waals surface area contributed by atoms with Gasteiger partial charge < -0.3 is 9.69 Å². The molecule has 1 unspecified atom stereocenters. The highest BCUT2D eigenvalue weighted by Crippen LogP contribution is 2.27. The predicted octanol–water partition coefficient (Wildman–Crippen LogP) is 2.67. The molecule has 0 aromatic heterocycles. The molecule has 4 nitrogen and oxygen atoms in total. The van der Waals surface area contributed by atoms with Crippen LogP contribution in [0.15, 0.2) is 18.2 Å². The standard InChI is InChI=1S/C17H21NO3/c1-4-16(20)15(8-6-12(3)19)18-10-13-7-5-11(2)9-14(13)17(18)21/h5,7,9,15H,4,6,8,10H2,1-3H3. The molecule has 1 aromatic rings. The SMILES string of the molecule is CCC(=O)C(CCC(C)=O)N1Cc2ccc(C)cc2C1=O. The van der Waals surface area contributed by atoms with Gasteiger partial charge >= 0.3 is 0 Å². The summed E-state index contributed by atoms with van der Waals surface area (Å²) in [6.07, 6.45) is 1.12. The van der Waals surface area contributed by atoms with Crippen LogP contribution in [0.5, 0.6) is 0 Å². The number of benzene rings is 1. The zero-order valence-electron chi connectivity index (χ0n) is 12.8. The summed E-state index contributed by atoms with van der Waals surface area (Å²) < 4.78 is 0. The molecule has 0 aliphatic carbocycles. The summed E-state index contributed by atoms with van der Waals surface area (Å²) in [7, 11) is 0. The number of amides is 1. The van der Waals surface area contributed by atoms with Gasteiger partial charge in [-0.15, -0.1) is 0 Å². The number of nitrogens with zero attached hydrogens (tertiary/aromatic N) is 1. The molecule has 1 aromatic carbocycles. The molecule has 0 saturated carbocycles. The molecular formula is C17H21NO3. The molecule has 2 rings (SSSR count). The quantitative estimate of drug-likeness (QED) is 0.808. The Morgan fingerprint density at radius 3 is 2.67 bits per heavy atom. The highest BCUT2D eigenvalue weighted by molar-refractivity contribution is 6.01. The first-order valence-electron chi connectivity index (χ1n) is 7.36. The minimum Gasteiger partial charge on any atom is -0.324 e. The van der Waals surface area contributed by atoms with Gasteiger partial charge in [0.05, 0.1) is 6.04 Å². The van der Waals surface area contributed by atoms with Crippen molar-refractivity contribution in [3.8, 4) is 0 Å². The third-order valence-electron chi connectivity index (χ3n) is 3.96. The second-order valence-corrected chi connectivity index (χ2v) is 5.67. The number of ketones is 2. The van der Waals surface area contributed by atoms with E-state index in [2.05, 4.69) is 0 Å². The van der Waals surface area contributed by atoms with E-state index in [-0.39, 0.29) is 17.5 Å². The van der Waals surface area contributed by atoms with Crippen molar-refractivity contribution in [1.29, 1.82) is 0 Å². The van der Waals surface area contributed by atoms with Crippen LogP contribution in [0, 0.1) is 6.92 Å². The zero-order valence-corrected chi connectivity index (χ0v) is 12.8. The summed E-state index contributed by atoms with van der Waals surface area (Å²) in [5, 5.41) is 0. The van der Waals surface area contributed by atoms with E-state index in [1.165, 1.54) is 6.92 Å².